The van der Waals surface area contributed by atoms with Gasteiger partial charge in [-0.3, -0.25) is 9.59 Å². The summed E-state index contributed by atoms with van der Waals surface area (Å²) in [5.74, 6) is -0.0855. The van der Waals surface area contributed by atoms with Gasteiger partial charge in [0.15, 0.2) is 0 Å². The summed E-state index contributed by atoms with van der Waals surface area (Å²) >= 11 is 0. The van der Waals surface area contributed by atoms with Gasteiger partial charge in [-0.25, -0.2) is 0 Å². The second kappa shape index (κ2) is 10.8. The molecule has 1 N–H and O–H groups in total. The number of nitrogens with one attached hydrogen (secondary N) is 1. The molecule has 0 aliphatic heterocycles. The first-order valence-electron chi connectivity index (χ1n) is 10.5. The summed E-state index contributed by atoms with van der Waals surface area (Å²) < 4.78 is 0. The monoisotopic (exact) mass is 394 g/mol. The summed E-state index contributed by atoms with van der Waals surface area (Å²) in [5, 5.41) is 2.97. The first-order chi connectivity index (χ1) is 13.9. The smallest absolute Gasteiger partial charge is 0.242 e. The molecule has 1 atom stereocenters. The van der Waals surface area contributed by atoms with E-state index in [0.29, 0.717) is 25.9 Å². The molecule has 0 aliphatic carbocycles. The number of aryl methyl sites for hydroxylation is 3. The Morgan fingerprint density at radius 2 is 1.66 bits per heavy atom. The molecule has 2 aromatic carbocycles. The molecular formula is C25H34N2O2. The molecule has 2 aromatic rings. The van der Waals surface area contributed by atoms with E-state index < -0.39 is 6.04 Å². The van der Waals surface area contributed by atoms with Crippen molar-refractivity contribution in [3.8, 4) is 0 Å². The van der Waals surface area contributed by atoms with Gasteiger partial charge in [-0.15, -0.1) is 0 Å². The summed E-state index contributed by atoms with van der Waals surface area (Å²) in [7, 11) is 0. The van der Waals surface area contributed by atoms with Gasteiger partial charge in [-0.2, -0.15) is 0 Å². The zero-order valence-corrected chi connectivity index (χ0v) is 18.4. The third-order valence-electron chi connectivity index (χ3n) is 5.38. The van der Waals surface area contributed by atoms with E-state index in [2.05, 4.69) is 23.5 Å². The average molecular weight is 395 g/mol. The SMILES string of the molecule is CCCNC(=O)C(CC)N(Cc1ccccc1C)C(=O)Cc1cc(C)ccc1C. The van der Waals surface area contributed by atoms with Gasteiger partial charge in [0.2, 0.25) is 11.8 Å². The van der Waals surface area contributed by atoms with Gasteiger partial charge in [0.1, 0.15) is 6.04 Å². The van der Waals surface area contributed by atoms with Crippen molar-refractivity contribution in [3.63, 3.8) is 0 Å². The molecule has 0 saturated carbocycles. The molecular weight excluding hydrogens is 360 g/mol. The van der Waals surface area contributed by atoms with Crippen molar-refractivity contribution >= 4 is 11.8 Å². The molecule has 0 aromatic heterocycles. The Kier molecular flexibility index (Phi) is 8.44. The molecule has 1 unspecified atom stereocenters. The van der Waals surface area contributed by atoms with Crippen molar-refractivity contribution in [2.24, 2.45) is 0 Å². The number of hydrogen-bond donors (Lipinski definition) is 1. The van der Waals surface area contributed by atoms with Crippen LogP contribution in [-0.2, 0) is 22.6 Å². The van der Waals surface area contributed by atoms with E-state index in [1.54, 1.807) is 4.90 Å². The summed E-state index contributed by atoms with van der Waals surface area (Å²) in [4.78, 5) is 28.0. The van der Waals surface area contributed by atoms with Gasteiger partial charge in [0, 0.05) is 13.1 Å². The predicted octanol–water partition coefficient (Wildman–Crippen LogP) is 4.49. The minimum absolute atomic E-state index is 0.0135. The molecule has 0 saturated heterocycles. The molecule has 0 bridgehead atoms. The van der Waals surface area contributed by atoms with E-state index >= 15 is 0 Å². The summed E-state index contributed by atoms with van der Waals surface area (Å²) in [6, 6.07) is 13.7. The first kappa shape index (κ1) is 22.7. The molecule has 0 heterocycles. The van der Waals surface area contributed by atoms with E-state index in [1.807, 2.05) is 58.9 Å². The Balaban J connectivity index is 2.33. The molecule has 2 rings (SSSR count). The highest BCUT2D eigenvalue weighted by molar-refractivity contribution is 5.88. The lowest BCUT2D eigenvalue weighted by atomic mass is 10.0. The van der Waals surface area contributed by atoms with Crippen molar-refractivity contribution in [2.45, 2.75) is 66.5 Å². The Morgan fingerprint density at radius 3 is 2.31 bits per heavy atom. The van der Waals surface area contributed by atoms with Gasteiger partial charge in [0.05, 0.1) is 6.42 Å². The lowest BCUT2D eigenvalue weighted by Crippen LogP contribution is -2.49. The van der Waals surface area contributed by atoms with Crippen molar-refractivity contribution in [1.82, 2.24) is 10.2 Å². The molecule has 29 heavy (non-hydrogen) atoms. The fraction of sp³-hybridized carbons (Fsp3) is 0.440. The van der Waals surface area contributed by atoms with Crippen molar-refractivity contribution in [3.05, 3.63) is 70.3 Å². The molecule has 4 heteroatoms. The average Bonchev–Trinajstić information content (AvgIpc) is 2.70. The number of carbonyl (C=O) groups is 2. The highest BCUT2D eigenvalue weighted by Gasteiger charge is 2.29. The van der Waals surface area contributed by atoms with Crippen molar-refractivity contribution in [1.29, 1.82) is 0 Å². The topological polar surface area (TPSA) is 49.4 Å². The lowest BCUT2D eigenvalue weighted by Gasteiger charge is -2.31. The Bertz CT molecular complexity index is 844. The second-order valence-corrected chi connectivity index (χ2v) is 7.77. The minimum Gasteiger partial charge on any atom is -0.354 e. The van der Waals surface area contributed by atoms with Crippen LogP contribution in [0.25, 0.3) is 0 Å². The second-order valence-electron chi connectivity index (χ2n) is 7.77. The maximum absolute atomic E-state index is 13.4. The van der Waals surface area contributed by atoms with E-state index in [0.717, 1.165) is 34.2 Å². The molecule has 0 spiro atoms. The molecule has 4 nitrogen and oxygen atoms in total. The van der Waals surface area contributed by atoms with E-state index in [-0.39, 0.29) is 11.8 Å². The molecule has 156 valence electrons. The van der Waals surface area contributed by atoms with Crippen LogP contribution >= 0.6 is 0 Å². The number of amides is 2. The van der Waals surface area contributed by atoms with Crippen molar-refractivity contribution < 1.29 is 9.59 Å². The minimum atomic E-state index is -0.473. The zero-order chi connectivity index (χ0) is 21.4. The quantitative estimate of drug-likeness (QED) is 0.681. The highest BCUT2D eigenvalue weighted by Crippen LogP contribution is 2.19. The van der Waals surface area contributed by atoms with Crippen LogP contribution < -0.4 is 5.32 Å². The normalized spacial score (nSPS) is 11.8. The van der Waals surface area contributed by atoms with Crippen LogP contribution in [0.5, 0.6) is 0 Å². The Labute approximate surface area is 175 Å². The maximum Gasteiger partial charge on any atom is 0.242 e. The molecule has 2 amide bonds. The molecule has 0 radical (unpaired) electrons. The van der Waals surface area contributed by atoms with Gasteiger partial charge in [-0.05, 0) is 55.9 Å². The summed E-state index contributed by atoms with van der Waals surface area (Å²) in [6.07, 6.45) is 1.76. The Morgan fingerprint density at radius 1 is 0.966 bits per heavy atom. The lowest BCUT2D eigenvalue weighted by molar-refractivity contribution is -0.140. The van der Waals surface area contributed by atoms with Gasteiger partial charge in [-0.1, -0.05) is 61.9 Å². The molecule has 0 fully saturated rings. The fourth-order valence-corrected chi connectivity index (χ4v) is 3.51. The van der Waals surface area contributed by atoms with Crippen LogP contribution in [0.15, 0.2) is 42.5 Å². The van der Waals surface area contributed by atoms with Gasteiger partial charge < -0.3 is 10.2 Å². The Hall–Kier alpha value is -2.62. The molecule has 0 aliphatic rings. The van der Waals surface area contributed by atoms with Crippen molar-refractivity contribution in [2.75, 3.05) is 6.54 Å². The zero-order valence-electron chi connectivity index (χ0n) is 18.4. The largest absolute Gasteiger partial charge is 0.354 e. The van der Waals surface area contributed by atoms with Crippen LogP contribution in [0, 0.1) is 20.8 Å². The number of carbonyl (C=O) groups excluding carboxylic acids is 2. The van der Waals surface area contributed by atoms with Gasteiger partial charge in [0.25, 0.3) is 0 Å². The number of benzene rings is 2. The van der Waals surface area contributed by atoms with Crippen LogP contribution in [0.4, 0.5) is 0 Å². The third-order valence-corrected chi connectivity index (χ3v) is 5.38. The maximum atomic E-state index is 13.4. The number of rotatable bonds is 9. The van der Waals surface area contributed by atoms with Crippen LogP contribution in [0.3, 0.4) is 0 Å². The highest BCUT2D eigenvalue weighted by atomic mass is 16.2. The van der Waals surface area contributed by atoms with E-state index in [4.69, 9.17) is 0 Å². The number of nitrogens with zero attached hydrogens (tertiary/aromatic N) is 1. The van der Waals surface area contributed by atoms with Crippen LogP contribution in [-0.4, -0.2) is 29.3 Å². The number of hydrogen-bond acceptors (Lipinski definition) is 2. The third kappa shape index (κ3) is 6.18. The fourth-order valence-electron chi connectivity index (χ4n) is 3.51. The van der Waals surface area contributed by atoms with E-state index in [1.165, 1.54) is 0 Å². The first-order valence-corrected chi connectivity index (χ1v) is 10.5. The van der Waals surface area contributed by atoms with Gasteiger partial charge >= 0.3 is 0 Å². The summed E-state index contributed by atoms with van der Waals surface area (Å²) in [5.41, 5.74) is 5.46. The van der Waals surface area contributed by atoms with E-state index in [9.17, 15) is 9.59 Å². The standard InChI is InChI=1S/C25H34N2O2/c1-6-14-26-25(29)23(7-2)27(17-21-11-9-8-10-19(21)4)24(28)16-22-15-18(3)12-13-20(22)5/h8-13,15,23H,6-7,14,16-17H2,1-5H3,(H,26,29). The summed E-state index contributed by atoms with van der Waals surface area (Å²) in [6.45, 7) is 11.2. The van der Waals surface area contributed by atoms with Crippen LogP contribution in [0.2, 0.25) is 0 Å². The predicted molar refractivity (Wildman–Crippen MR) is 119 cm³/mol. The van der Waals surface area contributed by atoms with Crippen LogP contribution in [0.1, 0.15) is 54.5 Å².